The number of carbonyl (C=O) groups is 4. The molecule has 0 radical (unpaired) electrons. The van der Waals surface area contributed by atoms with E-state index in [2.05, 4.69) is 47.3 Å². The zero-order valence-electron chi connectivity index (χ0n) is 55.5. The minimum Gasteiger partial charge on any atom is -0.461 e. The highest BCUT2D eigenvalue weighted by Gasteiger charge is 2.26. The number of furan rings is 4. The number of nitrogen functional groups attached to an aromatic ring is 4. The molecule has 0 saturated carbocycles. The predicted octanol–water partition coefficient (Wildman–Crippen LogP) is 10.7. The van der Waals surface area contributed by atoms with Crippen LogP contribution in [0, 0.1) is 5.92 Å². The summed E-state index contributed by atoms with van der Waals surface area (Å²) in [6, 6.07) is 40.7. The summed E-state index contributed by atoms with van der Waals surface area (Å²) < 4.78 is 27.4. The molecule has 28 nitrogen and oxygen atoms in total. The largest absolute Gasteiger partial charge is 0.461 e. The molecule has 2 saturated heterocycles. The highest BCUT2D eigenvalue weighted by Crippen LogP contribution is 2.28. The van der Waals surface area contributed by atoms with Crippen LogP contribution in [0.4, 0.5) is 22.7 Å². The van der Waals surface area contributed by atoms with Gasteiger partial charge in [-0.2, -0.15) is 11.8 Å². The molecule has 0 aliphatic carbocycles. The summed E-state index contributed by atoms with van der Waals surface area (Å²) in [5.41, 5.74) is 32.1. The Morgan fingerprint density at radius 1 is 0.485 bits per heavy atom. The molecule has 1 atom stereocenters. The van der Waals surface area contributed by atoms with Gasteiger partial charge in [0.1, 0.15) is 0 Å². The van der Waals surface area contributed by atoms with E-state index < -0.39 is 0 Å². The molecule has 2 aliphatic heterocycles. The second-order valence-corrected chi connectivity index (χ2v) is 25.4. The third-order valence-electron chi connectivity index (χ3n) is 16.7. The van der Waals surface area contributed by atoms with E-state index in [1.165, 1.54) is 15.5 Å². The average Bonchev–Trinajstić information content (AvgIpc) is 1.68. The van der Waals surface area contributed by atoms with Crippen LogP contribution in [0.1, 0.15) is 85.7 Å². The summed E-state index contributed by atoms with van der Waals surface area (Å²) in [7, 11) is 1.77. The number of nitrogens with zero attached hydrogens (tertiary/aromatic N) is 16. The molecule has 16 rings (SSSR count). The van der Waals surface area contributed by atoms with Crippen LogP contribution in [0.5, 0.6) is 0 Å². The number of anilines is 4. The number of carbonyl (C=O) groups excluding carboxylic acids is 4. The summed E-state index contributed by atoms with van der Waals surface area (Å²) in [6.07, 6.45) is 16.0. The van der Waals surface area contributed by atoms with Crippen molar-refractivity contribution in [2.24, 2.45) is 5.92 Å². The van der Waals surface area contributed by atoms with Crippen molar-refractivity contribution in [1.82, 2.24) is 78.0 Å². The number of hydrogen-bond donors (Lipinski definition) is 4. The lowest BCUT2D eigenvalue weighted by Crippen LogP contribution is -2.39. The molecule has 0 spiro atoms. The topological polar surface area (TPSA) is 359 Å². The van der Waals surface area contributed by atoms with Crippen LogP contribution in [-0.2, 0) is 13.1 Å². The van der Waals surface area contributed by atoms with Gasteiger partial charge in [0.15, 0.2) is 45.6 Å². The fourth-order valence-electron chi connectivity index (χ4n) is 11.7. The summed E-state index contributed by atoms with van der Waals surface area (Å²) in [6.45, 7) is 8.92. The number of aromatic nitrogens is 12. The number of nitrogens with two attached hydrogens (primary N) is 4. The SMILES string of the molecule is CC1CCCN(C(=O)c2cc(N)c3nc(-c4ccco4)nn3c2)C1.CCCN(C)C(=O)c1cc(N)c2nc(-c3ccco3)nn2c1.Nc1cc(C(=O)N(Cc2ccccc2)Cc2ccccc2)cn2nc(-c3ccco3)nc12.Nc1cc(C(=O)N2CCSCC2)cn2nc(-c3ccco3)nc12. The molecule has 1 unspecified atom stereocenters. The van der Waals surface area contributed by atoms with Gasteiger partial charge in [0.2, 0.25) is 23.3 Å². The number of fused-ring (bicyclic) bond motifs is 4. The Balaban J connectivity index is 0.000000122. The van der Waals surface area contributed by atoms with Gasteiger partial charge >= 0.3 is 0 Å². The number of amides is 4. The maximum absolute atomic E-state index is 13.6. The lowest BCUT2D eigenvalue weighted by atomic mass is 10.00. The molecular weight excluding hydrogens is 1300 g/mol. The van der Waals surface area contributed by atoms with E-state index >= 15 is 0 Å². The van der Waals surface area contributed by atoms with Crippen molar-refractivity contribution in [2.75, 3.05) is 74.2 Å². The first-order chi connectivity index (χ1) is 49.1. The molecule has 29 heteroatoms. The van der Waals surface area contributed by atoms with E-state index in [0.717, 1.165) is 61.7 Å². The Labute approximate surface area is 582 Å². The van der Waals surface area contributed by atoms with Gasteiger partial charge in [0.25, 0.3) is 23.6 Å². The highest BCUT2D eigenvalue weighted by molar-refractivity contribution is 7.99. The van der Waals surface area contributed by atoms with Gasteiger partial charge in [-0.25, -0.2) is 38.0 Å². The van der Waals surface area contributed by atoms with Crippen LogP contribution in [0.15, 0.2) is 201 Å². The van der Waals surface area contributed by atoms with Crippen LogP contribution in [0.2, 0.25) is 0 Å². The Morgan fingerprint density at radius 3 is 1.22 bits per heavy atom. The third kappa shape index (κ3) is 15.3. The van der Waals surface area contributed by atoms with Gasteiger partial charge in [-0.3, -0.25) is 19.2 Å². The first-order valence-electron chi connectivity index (χ1n) is 32.7. The van der Waals surface area contributed by atoms with Crippen molar-refractivity contribution < 1.29 is 36.8 Å². The minimum absolute atomic E-state index is 0.00908. The van der Waals surface area contributed by atoms with E-state index in [1.807, 2.05) is 89.1 Å². The van der Waals surface area contributed by atoms with E-state index in [-0.39, 0.29) is 23.6 Å². The van der Waals surface area contributed by atoms with Crippen molar-refractivity contribution in [3.63, 3.8) is 0 Å². The van der Waals surface area contributed by atoms with Crippen LogP contribution in [-0.4, -0.2) is 153 Å². The monoisotopic (exact) mass is 1380 g/mol. The van der Waals surface area contributed by atoms with Gasteiger partial charge < -0.3 is 60.2 Å². The molecule has 12 aromatic heterocycles. The van der Waals surface area contributed by atoms with Gasteiger partial charge in [0.05, 0.1) is 70.1 Å². The molecule has 2 aromatic carbocycles. The molecule has 4 amide bonds. The minimum atomic E-state index is -0.138. The maximum atomic E-state index is 13.6. The zero-order valence-corrected chi connectivity index (χ0v) is 56.3. The number of pyridine rings is 4. The van der Waals surface area contributed by atoms with Gasteiger partial charge in [0, 0.05) is 89.2 Å². The highest BCUT2D eigenvalue weighted by atomic mass is 32.2. The molecule has 514 valence electrons. The fraction of sp³-hybridized carbons (Fsp3) is 0.222. The molecule has 101 heavy (non-hydrogen) atoms. The van der Waals surface area contributed by atoms with Crippen molar-refractivity contribution in [1.29, 1.82) is 0 Å². The Bertz CT molecular complexity index is 5120. The number of rotatable bonds is 14. The fourth-order valence-corrected chi connectivity index (χ4v) is 12.6. The van der Waals surface area contributed by atoms with Gasteiger partial charge in [-0.05, 0) is 109 Å². The first kappa shape index (κ1) is 67.1. The zero-order chi connectivity index (χ0) is 70.1. The molecular formula is C72H72N20O8S. The van der Waals surface area contributed by atoms with Crippen molar-refractivity contribution in [3.05, 3.63) is 217 Å². The standard InChI is InChI=1S/C25H21N5O2.C17H19N5O2.C15H15N5O2S.C15H17N5O2/c26-21-14-20(17-30-24(21)27-23(28-30)22-12-7-13-32-22)25(31)29(15-18-8-3-1-4-9-18)16-19-10-5-2-6-11-19;1-11-4-2-6-21(9-11)17(23)12-8-13(18)16-19-15(20-22(16)10-12)14-5-3-7-24-14;16-11-8-10(15(21)19-3-6-23-7-4-19)9-20-14(11)17-13(18-20)12-2-1-5-22-12;1-3-6-19(2)15(21)10-8-11(16)14-17-13(18-20(14)9-10)12-5-4-7-22-12/h1-14,17H,15-16,26H2;3,5,7-8,10-11H,2,4,6,9,18H2,1H3;1-2,5,8-9H,3-4,6-7,16H2;4-5,7-9H,3,6,16H2,1-2H3. The Kier molecular flexibility index (Phi) is 20.0. The number of hydrogen-bond acceptors (Lipinski definition) is 21. The molecule has 14 heterocycles. The van der Waals surface area contributed by atoms with E-state index in [9.17, 15) is 19.2 Å². The molecule has 8 N–H and O–H groups in total. The third-order valence-corrected chi connectivity index (χ3v) is 17.6. The van der Waals surface area contributed by atoms with Gasteiger partial charge in [-0.1, -0.05) is 74.5 Å². The van der Waals surface area contributed by atoms with E-state index in [0.29, 0.717) is 139 Å². The predicted molar refractivity (Wildman–Crippen MR) is 382 cm³/mol. The lowest BCUT2D eigenvalue weighted by Gasteiger charge is -2.31. The van der Waals surface area contributed by atoms with Crippen LogP contribution in [0.25, 0.3) is 68.9 Å². The summed E-state index contributed by atoms with van der Waals surface area (Å²) >= 11 is 1.86. The second-order valence-electron chi connectivity index (χ2n) is 24.2. The van der Waals surface area contributed by atoms with Gasteiger partial charge in [-0.15, -0.1) is 20.4 Å². The average molecular weight is 1380 g/mol. The van der Waals surface area contributed by atoms with Crippen molar-refractivity contribution in [2.45, 2.75) is 46.2 Å². The molecule has 14 aromatic rings. The summed E-state index contributed by atoms with van der Waals surface area (Å²) in [4.78, 5) is 76.1. The van der Waals surface area contributed by atoms with Crippen LogP contribution in [0.3, 0.4) is 0 Å². The normalized spacial score (nSPS) is 13.7. The lowest BCUT2D eigenvalue weighted by molar-refractivity contribution is 0.0681. The molecule has 2 aliphatic rings. The number of benzene rings is 2. The number of thioether (sulfide) groups is 1. The smallest absolute Gasteiger partial charge is 0.256 e. The van der Waals surface area contributed by atoms with Crippen molar-refractivity contribution >= 4 is 80.7 Å². The second kappa shape index (κ2) is 30.1. The van der Waals surface area contributed by atoms with Crippen LogP contribution < -0.4 is 22.9 Å². The molecule has 2 fully saturated rings. The Hall–Kier alpha value is -12.5. The van der Waals surface area contributed by atoms with E-state index in [1.54, 1.807) is 149 Å². The number of likely N-dealkylation sites (tertiary alicyclic amines) is 1. The quantitative estimate of drug-likeness (QED) is 0.0785. The maximum Gasteiger partial charge on any atom is 0.256 e. The summed E-state index contributed by atoms with van der Waals surface area (Å²) in [5.74, 6) is 6.17. The first-order valence-corrected chi connectivity index (χ1v) is 33.8. The molecule has 0 bridgehead atoms. The Morgan fingerprint density at radius 2 is 0.851 bits per heavy atom. The van der Waals surface area contributed by atoms with E-state index in [4.69, 9.17) is 40.6 Å². The number of piperidine rings is 1. The summed E-state index contributed by atoms with van der Waals surface area (Å²) in [5, 5.41) is 17.5. The van der Waals surface area contributed by atoms with Crippen LogP contribution >= 0.6 is 11.8 Å². The van der Waals surface area contributed by atoms with Crippen molar-refractivity contribution in [3.8, 4) is 46.3 Å².